The van der Waals surface area contributed by atoms with E-state index in [-0.39, 0.29) is 11.6 Å². The van der Waals surface area contributed by atoms with Crippen molar-refractivity contribution >= 4 is 5.91 Å². The summed E-state index contributed by atoms with van der Waals surface area (Å²) in [6.07, 6.45) is 0.696. The summed E-state index contributed by atoms with van der Waals surface area (Å²) in [7, 11) is 0. The second-order valence-electron chi connectivity index (χ2n) is 7.06. The molecule has 1 saturated heterocycles. The van der Waals surface area contributed by atoms with Gasteiger partial charge in [0.05, 0.1) is 5.66 Å². The molecule has 2 aromatic carbocycles. The maximum atomic E-state index is 13.1. The number of hydrogen-bond donors (Lipinski definition) is 1. The summed E-state index contributed by atoms with van der Waals surface area (Å²) in [4.78, 5) is 15.1. The van der Waals surface area contributed by atoms with Gasteiger partial charge >= 0.3 is 0 Å². The molecule has 1 fully saturated rings. The molecule has 0 radical (unpaired) electrons. The van der Waals surface area contributed by atoms with Crippen LogP contribution in [-0.4, -0.2) is 22.0 Å². The second-order valence-corrected chi connectivity index (χ2v) is 7.06. The highest BCUT2D eigenvalue weighted by atomic mass is 16.2. The van der Waals surface area contributed by atoms with Crippen LogP contribution in [0.5, 0.6) is 0 Å². The number of benzene rings is 2. The van der Waals surface area contributed by atoms with Gasteiger partial charge in [0.2, 0.25) is 5.91 Å². The molecule has 0 saturated carbocycles. The molecule has 23 heavy (non-hydrogen) atoms. The van der Waals surface area contributed by atoms with Crippen LogP contribution >= 0.6 is 0 Å². The van der Waals surface area contributed by atoms with Gasteiger partial charge in [0, 0.05) is 6.54 Å². The highest BCUT2D eigenvalue weighted by Gasteiger charge is 2.51. The maximum Gasteiger partial charge on any atom is 0.244 e. The highest BCUT2D eigenvalue weighted by molar-refractivity contribution is 5.89. The fourth-order valence-corrected chi connectivity index (χ4v) is 3.51. The van der Waals surface area contributed by atoms with Gasteiger partial charge in [0.25, 0.3) is 0 Å². The van der Waals surface area contributed by atoms with E-state index in [2.05, 4.69) is 43.4 Å². The van der Waals surface area contributed by atoms with E-state index in [0.717, 1.165) is 5.56 Å². The predicted molar refractivity (Wildman–Crippen MR) is 92.8 cm³/mol. The second kappa shape index (κ2) is 5.82. The van der Waals surface area contributed by atoms with Crippen molar-refractivity contribution in [1.82, 2.24) is 10.2 Å². The quantitative estimate of drug-likeness (QED) is 0.939. The van der Waals surface area contributed by atoms with Crippen LogP contribution in [0.4, 0.5) is 0 Å². The minimum atomic E-state index is -0.570. The van der Waals surface area contributed by atoms with Crippen LogP contribution in [0.15, 0.2) is 60.7 Å². The number of hydrogen-bond acceptors (Lipinski definition) is 2. The molecule has 0 unspecified atom stereocenters. The van der Waals surface area contributed by atoms with Crippen molar-refractivity contribution in [2.75, 3.05) is 0 Å². The van der Waals surface area contributed by atoms with Crippen LogP contribution in [0, 0.1) is 0 Å². The molecule has 1 aliphatic heterocycles. The Bertz CT molecular complexity index is 681. The lowest BCUT2D eigenvalue weighted by molar-refractivity contribution is -0.134. The van der Waals surface area contributed by atoms with E-state index in [1.165, 1.54) is 5.56 Å². The van der Waals surface area contributed by atoms with Crippen LogP contribution in [0.3, 0.4) is 0 Å². The zero-order chi connectivity index (χ0) is 16.5. The van der Waals surface area contributed by atoms with Crippen molar-refractivity contribution in [2.24, 2.45) is 0 Å². The summed E-state index contributed by atoms with van der Waals surface area (Å²) in [6.45, 7) is 6.79. The Hall–Kier alpha value is -2.13. The molecule has 3 heteroatoms. The van der Waals surface area contributed by atoms with Gasteiger partial charge in [-0.2, -0.15) is 0 Å². The molecule has 0 aromatic heterocycles. The fourth-order valence-electron chi connectivity index (χ4n) is 3.51. The summed E-state index contributed by atoms with van der Waals surface area (Å²) in [5.41, 5.74) is 1.39. The van der Waals surface area contributed by atoms with E-state index in [0.29, 0.717) is 13.0 Å². The molecule has 3 rings (SSSR count). The lowest BCUT2D eigenvalue weighted by atomic mass is 9.92. The van der Waals surface area contributed by atoms with Crippen LogP contribution < -0.4 is 5.32 Å². The number of rotatable bonds is 4. The lowest BCUT2D eigenvalue weighted by Gasteiger charge is -2.31. The molecule has 3 nitrogen and oxygen atoms in total. The molecule has 0 spiro atoms. The maximum absolute atomic E-state index is 13.1. The normalized spacial score (nSPS) is 23.3. The van der Waals surface area contributed by atoms with E-state index >= 15 is 0 Å². The number of nitrogens with zero attached hydrogens (tertiary/aromatic N) is 1. The van der Waals surface area contributed by atoms with Gasteiger partial charge in [-0.1, -0.05) is 60.7 Å². The molecule has 0 bridgehead atoms. The molecule has 1 N–H and O–H groups in total. The molecular weight excluding hydrogens is 284 g/mol. The Morgan fingerprint density at radius 2 is 1.39 bits per heavy atom. The highest BCUT2D eigenvalue weighted by Crippen LogP contribution is 2.32. The molecule has 120 valence electrons. The van der Waals surface area contributed by atoms with Crippen molar-refractivity contribution in [1.29, 1.82) is 0 Å². The minimum absolute atomic E-state index is 0.162. The van der Waals surface area contributed by atoms with Gasteiger partial charge in [0.15, 0.2) is 0 Å². The summed E-state index contributed by atoms with van der Waals surface area (Å²) in [5, 5.41) is 3.55. The third-order valence-electron chi connectivity index (χ3n) is 4.56. The zero-order valence-corrected chi connectivity index (χ0v) is 14.0. The lowest BCUT2D eigenvalue weighted by Crippen LogP contribution is -2.50. The monoisotopic (exact) mass is 308 g/mol. The van der Waals surface area contributed by atoms with Crippen LogP contribution in [-0.2, 0) is 17.8 Å². The van der Waals surface area contributed by atoms with Gasteiger partial charge in [-0.25, -0.2) is 0 Å². The minimum Gasteiger partial charge on any atom is -0.319 e. The van der Waals surface area contributed by atoms with Gasteiger partial charge in [-0.15, -0.1) is 0 Å². The van der Waals surface area contributed by atoms with E-state index < -0.39 is 5.54 Å². The third-order valence-corrected chi connectivity index (χ3v) is 4.56. The van der Waals surface area contributed by atoms with E-state index in [4.69, 9.17) is 0 Å². The topological polar surface area (TPSA) is 32.3 Å². The Balaban J connectivity index is 1.84. The van der Waals surface area contributed by atoms with E-state index in [1.807, 2.05) is 48.2 Å². The van der Waals surface area contributed by atoms with Crippen LogP contribution in [0.2, 0.25) is 0 Å². The number of carbonyl (C=O) groups is 1. The largest absolute Gasteiger partial charge is 0.319 e. The van der Waals surface area contributed by atoms with Crippen molar-refractivity contribution < 1.29 is 4.79 Å². The summed E-state index contributed by atoms with van der Waals surface area (Å²) < 4.78 is 0. The predicted octanol–water partition coefficient (Wildman–Crippen LogP) is 3.36. The molecule has 1 heterocycles. The third kappa shape index (κ3) is 3.15. The first-order valence-electron chi connectivity index (χ1n) is 8.10. The first-order valence-corrected chi connectivity index (χ1v) is 8.10. The summed E-state index contributed by atoms with van der Waals surface area (Å²) in [5.74, 6) is 0.162. The van der Waals surface area contributed by atoms with Crippen molar-refractivity contribution in [3.63, 3.8) is 0 Å². The molecular formula is C20H24N2O. The zero-order valence-electron chi connectivity index (χ0n) is 14.0. The van der Waals surface area contributed by atoms with Gasteiger partial charge in [-0.05, 0) is 38.3 Å². The number of carbonyl (C=O) groups excluding carboxylic acids is 1. The Morgan fingerprint density at radius 3 is 1.96 bits per heavy atom. The number of nitrogens with one attached hydrogen (secondary N) is 1. The number of amides is 1. The SMILES string of the molecule is CC1(C)N[C@@](C)(Cc2ccccc2)C(=O)N1Cc1ccccc1. The van der Waals surface area contributed by atoms with Crippen molar-refractivity contribution in [3.05, 3.63) is 71.8 Å². The molecule has 1 atom stereocenters. The smallest absolute Gasteiger partial charge is 0.244 e. The molecule has 2 aromatic rings. The Morgan fingerprint density at radius 1 is 0.870 bits per heavy atom. The Labute approximate surface area is 138 Å². The van der Waals surface area contributed by atoms with Gasteiger partial charge < -0.3 is 4.90 Å². The van der Waals surface area contributed by atoms with Gasteiger partial charge in [0.1, 0.15) is 5.54 Å². The van der Waals surface area contributed by atoms with Crippen molar-refractivity contribution in [3.8, 4) is 0 Å². The van der Waals surface area contributed by atoms with Gasteiger partial charge in [-0.3, -0.25) is 10.1 Å². The summed E-state index contributed by atoms with van der Waals surface area (Å²) in [6, 6.07) is 20.3. The average molecular weight is 308 g/mol. The van der Waals surface area contributed by atoms with Crippen LogP contribution in [0.1, 0.15) is 31.9 Å². The van der Waals surface area contributed by atoms with E-state index in [1.54, 1.807) is 0 Å². The first-order chi connectivity index (χ1) is 10.9. The summed E-state index contributed by atoms with van der Waals surface area (Å²) >= 11 is 0. The van der Waals surface area contributed by atoms with Crippen molar-refractivity contribution in [2.45, 2.75) is 44.9 Å². The Kier molecular flexibility index (Phi) is 3.99. The van der Waals surface area contributed by atoms with Crippen LogP contribution in [0.25, 0.3) is 0 Å². The molecule has 1 aliphatic rings. The average Bonchev–Trinajstić information content (AvgIpc) is 2.68. The molecule has 0 aliphatic carbocycles. The standard InChI is InChI=1S/C20H24N2O/c1-19(2)21-20(3,14-16-10-6-4-7-11-16)18(23)22(19)15-17-12-8-5-9-13-17/h4-13,21H,14-15H2,1-3H3/t20-/m0/s1. The molecule has 1 amide bonds. The first kappa shape index (κ1) is 15.8. The van der Waals surface area contributed by atoms with E-state index in [9.17, 15) is 4.79 Å². The fraction of sp³-hybridized carbons (Fsp3) is 0.350.